The van der Waals surface area contributed by atoms with Crippen LogP contribution in [0.4, 0.5) is 0 Å². The smallest absolute Gasteiger partial charge is 0.316 e. The van der Waals surface area contributed by atoms with Crippen LogP contribution in [0.1, 0.15) is 31.2 Å². The summed E-state index contributed by atoms with van der Waals surface area (Å²) in [7, 11) is 2.69. The van der Waals surface area contributed by atoms with Crippen molar-refractivity contribution in [2.45, 2.75) is 25.7 Å². The van der Waals surface area contributed by atoms with E-state index in [1.807, 2.05) is 0 Å². The van der Waals surface area contributed by atoms with Crippen LogP contribution >= 0.6 is 0 Å². The Hall–Kier alpha value is -2.83. The van der Waals surface area contributed by atoms with E-state index in [1.54, 1.807) is 19.1 Å². The number of allylic oxidation sites excluding steroid dienone is 2. The lowest BCUT2D eigenvalue weighted by Gasteiger charge is -2.36. The number of aromatic hydroxyl groups is 1. The number of ether oxygens (including phenoxy) is 2. The van der Waals surface area contributed by atoms with Crippen LogP contribution in [0.5, 0.6) is 11.5 Å². The van der Waals surface area contributed by atoms with Gasteiger partial charge >= 0.3 is 5.97 Å². The highest BCUT2D eigenvalue weighted by atomic mass is 16.5. The monoisotopic (exact) mass is 359 g/mol. The van der Waals surface area contributed by atoms with Crippen molar-refractivity contribution in [3.8, 4) is 11.5 Å². The molecule has 138 valence electrons. The fourth-order valence-electron chi connectivity index (χ4n) is 3.79. The van der Waals surface area contributed by atoms with Crippen LogP contribution in [0.15, 0.2) is 29.5 Å². The first kappa shape index (κ1) is 18.0. The standard InChI is InChI=1S/C19H21NO6/c1-9-6-12-17(18(23)16(9)19(24)26-3)11(8-15(22)20-12)10-4-5-13(21)14(7-10)25-2/h4-5,7,9,11,16,21H,6,8H2,1-3H3,(H,20,22)/t9-,11-,16-/m1/s1. The van der Waals surface area contributed by atoms with Crippen LogP contribution < -0.4 is 10.1 Å². The van der Waals surface area contributed by atoms with E-state index in [4.69, 9.17) is 9.47 Å². The number of esters is 1. The maximum Gasteiger partial charge on any atom is 0.316 e. The lowest BCUT2D eigenvalue weighted by atomic mass is 9.70. The first-order valence-electron chi connectivity index (χ1n) is 8.39. The third kappa shape index (κ3) is 2.94. The molecule has 1 aliphatic heterocycles. The summed E-state index contributed by atoms with van der Waals surface area (Å²) in [6, 6.07) is 4.74. The van der Waals surface area contributed by atoms with Gasteiger partial charge in [0.25, 0.3) is 0 Å². The zero-order valence-electron chi connectivity index (χ0n) is 14.9. The third-order valence-corrected chi connectivity index (χ3v) is 5.06. The molecule has 0 saturated carbocycles. The number of benzene rings is 1. The number of rotatable bonds is 3. The summed E-state index contributed by atoms with van der Waals surface area (Å²) in [6.45, 7) is 1.79. The largest absolute Gasteiger partial charge is 0.504 e. The molecule has 0 saturated heterocycles. The van der Waals surface area contributed by atoms with Gasteiger partial charge in [0.05, 0.1) is 14.2 Å². The molecule has 0 unspecified atom stereocenters. The van der Waals surface area contributed by atoms with E-state index in [-0.39, 0.29) is 35.5 Å². The van der Waals surface area contributed by atoms with Gasteiger partial charge in [-0.15, -0.1) is 0 Å². The zero-order valence-corrected chi connectivity index (χ0v) is 14.9. The Labute approximate surface area is 151 Å². The van der Waals surface area contributed by atoms with Crippen LogP contribution in [0.25, 0.3) is 0 Å². The van der Waals surface area contributed by atoms with Crippen molar-refractivity contribution in [3.63, 3.8) is 0 Å². The number of carbonyl (C=O) groups is 3. The number of hydrogen-bond donors (Lipinski definition) is 2. The minimum absolute atomic E-state index is 0.0262. The van der Waals surface area contributed by atoms with E-state index in [2.05, 4.69) is 5.32 Å². The molecule has 0 bridgehead atoms. The number of Topliss-reactive ketones (excluding diaryl/α,β-unsaturated/α-hetero) is 1. The summed E-state index contributed by atoms with van der Waals surface area (Å²) in [5, 5.41) is 12.6. The van der Waals surface area contributed by atoms with Gasteiger partial charge in [0.1, 0.15) is 5.92 Å². The minimum atomic E-state index is -0.879. The van der Waals surface area contributed by atoms with Gasteiger partial charge in [-0.1, -0.05) is 13.0 Å². The molecule has 1 aromatic carbocycles. The molecule has 7 nitrogen and oxygen atoms in total. The highest BCUT2D eigenvalue weighted by Gasteiger charge is 2.45. The summed E-state index contributed by atoms with van der Waals surface area (Å²) in [5.41, 5.74) is 1.68. The van der Waals surface area contributed by atoms with Crippen LogP contribution in [-0.4, -0.2) is 37.0 Å². The number of methoxy groups -OCH3 is 2. The lowest BCUT2D eigenvalue weighted by Crippen LogP contribution is -2.44. The normalized spacial score (nSPS) is 25.4. The van der Waals surface area contributed by atoms with Gasteiger partial charge in [-0.25, -0.2) is 0 Å². The van der Waals surface area contributed by atoms with Crippen LogP contribution in [0, 0.1) is 11.8 Å². The van der Waals surface area contributed by atoms with E-state index in [1.165, 1.54) is 20.3 Å². The molecule has 3 atom stereocenters. The average Bonchev–Trinajstić information content (AvgIpc) is 2.60. The SMILES string of the molecule is COC(=O)[C@H]1C(=O)C2=C(C[C@H]1C)NC(=O)C[C@@H]2c1ccc(O)c(OC)c1. The van der Waals surface area contributed by atoms with Crippen LogP contribution in [-0.2, 0) is 19.1 Å². The minimum Gasteiger partial charge on any atom is -0.504 e. The number of phenolic OH excluding ortho intramolecular Hbond substituents is 1. The molecular formula is C19H21NO6. The van der Waals surface area contributed by atoms with Crippen molar-refractivity contribution in [1.29, 1.82) is 0 Å². The first-order chi connectivity index (χ1) is 12.4. The molecule has 2 aliphatic rings. The Morgan fingerprint density at radius 3 is 2.62 bits per heavy atom. The maximum absolute atomic E-state index is 13.1. The highest BCUT2D eigenvalue weighted by molar-refractivity contribution is 6.11. The predicted octanol–water partition coefficient (Wildman–Crippen LogP) is 1.66. The molecule has 0 spiro atoms. The average molecular weight is 359 g/mol. The molecule has 2 N–H and O–H groups in total. The summed E-state index contributed by atoms with van der Waals surface area (Å²) in [5.74, 6) is -2.47. The Kier molecular flexibility index (Phi) is 4.71. The molecule has 0 fully saturated rings. The fraction of sp³-hybridized carbons (Fsp3) is 0.421. The maximum atomic E-state index is 13.1. The van der Waals surface area contributed by atoms with Crippen molar-refractivity contribution in [2.75, 3.05) is 14.2 Å². The van der Waals surface area contributed by atoms with Crippen molar-refractivity contribution in [1.82, 2.24) is 5.32 Å². The van der Waals surface area contributed by atoms with Gasteiger partial charge in [0, 0.05) is 23.6 Å². The van der Waals surface area contributed by atoms with Crippen molar-refractivity contribution in [2.24, 2.45) is 11.8 Å². The topological polar surface area (TPSA) is 102 Å². The second-order valence-electron chi connectivity index (χ2n) is 6.67. The van der Waals surface area contributed by atoms with E-state index in [0.717, 1.165) is 0 Å². The number of amides is 1. The summed E-state index contributed by atoms with van der Waals surface area (Å²) >= 11 is 0. The summed E-state index contributed by atoms with van der Waals surface area (Å²) in [4.78, 5) is 37.4. The number of hydrogen-bond acceptors (Lipinski definition) is 6. The number of ketones is 1. The first-order valence-corrected chi connectivity index (χ1v) is 8.39. The Bertz CT molecular complexity index is 812. The summed E-state index contributed by atoms with van der Waals surface area (Å²) < 4.78 is 9.94. The van der Waals surface area contributed by atoms with Gasteiger partial charge < -0.3 is 19.9 Å². The zero-order chi connectivity index (χ0) is 19.0. The van der Waals surface area contributed by atoms with Gasteiger partial charge in [-0.2, -0.15) is 0 Å². The van der Waals surface area contributed by atoms with Crippen molar-refractivity contribution < 1.29 is 29.0 Å². The van der Waals surface area contributed by atoms with E-state index in [9.17, 15) is 19.5 Å². The second kappa shape index (κ2) is 6.82. The summed E-state index contributed by atoms with van der Waals surface area (Å²) in [6.07, 6.45) is 0.499. The molecule has 0 radical (unpaired) electrons. The van der Waals surface area contributed by atoms with Crippen molar-refractivity contribution in [3.05, 3.63) is 35.0 Å². The molecule has 26 heavy (non-hydrogen) atoms. The number of phenols is 1. The number of carbonyl (C=O) groups excluding carboxylic acids is 3. The Morgan fingerprint density at radius 2 is 1.96 bits per heavy atom. The fourth-order valence-corrected chi connectivity index (χ4v) is 3.79. The Morgan fingerprint density at radius 1 is 1.23 bits per heavy atom. The molecule has 1 heterocycles. The molecule has 7 heteroatoms. The molecule has 1 aliphatic carbocycles. The molecule has 1 aromatic rings. The van der Waals surface area contributed by atoms with E-state index < -0.39 is 17.8 Å². The highest BCUT2D eigenvalue weighted by Crippen LogP contribution is 2.43. The quantitative estimate of drug-likeness (QED) is 0.629. The van der Waals surface area contributed by atoms with Crippen LogP contribution in [0.3, 0.4) is 0 Å². The van der Waals surface area contributed by atoms with Gasteiger partial charge in [-0.05, 0) is 30.0 Å². The van der Waals surface area contributed by atoms with Gasteiger partial charge in [-0.3, -0.25) is 14.4 Å². The van der Waals surface area contributed by atoms with Gasteiger partial charge in [0.2, 0.25) is 5.91 Å². The molecule has 0 aromatic heterocycles. The molecular weight excluding hydrogens is 338 g/mol. The lowest BCUT2D eigenvalue weighted by molar-refractivity contribution is -0.151. The molecule has 1 amide bonds. The second-order valence-corrected chi connectivity index (χ2v) is 6.67. The van der Waals surface area contributed by atoms with E-state index in [0.29, 0.717) is 23.3 Å². The van der Waals surface area contributed by atoms with Gasteiger partial charge in [0.15, 0.2) is 17.3 Å². The predicted molar refractivity (Wildman–Crippen MR) is 91.5 cm³/mol. The third-order valence-electron chi connectivity index (χ3n) is 5.06. The van der Waals surface area contributed by atoms with Crippen LogP contribution in [0.2, 0.25) is 0 Å². The van der Waals surface area contributed by atoms with E-state index >= 15 is 0 Å². The van der Waals surface area contributed by atoms with Crippen molar-refractivity contribution >= 4 is 17.7 Å². The Balaban J connectivity index is 2.08. The molecule has 3 rings (SSSR count). The number of nitrogens with one attached hydrogen (secondary N) is 1.